The van der Waals surface area contributed by atoms with Gasteiger partial charge in [0, 0.05) is 0 Å². The van der Waals surface area contributed by atoms with Crippen LogP contribution in [0.4, 0.5) is 0 Å². The summed E-state index contributed by atoms with van der Waals surface area (Å²) in [6.07, 6.45) is 0.176. The summed E-state index contributed by atoms with van der Waals surface area (Å²) in [5, 5.41) is 0. The van der Waals surface area contributed by atoms with Gasteiger partial charge < -0.3 is 4.74 Å². The highest BCUT2D eigenvalue weighted by Gasteiger charge is 2.07. The predicted octanol–water partition coefficient (Wildman–Crippen LogP) is 3.01. The number of carbonyl (C=O) groups is 1. The number of hydrogen-bond acceptors (Lipinski definition) is 4. The number of halogens is 1. The van der Waals surface area contributed by atoms with Gasteiger partial charge in [-0.25, -0.2) is 4.98 Å². The summed E-state index contributed by atoms with van der Waals surface area (Å²) in [5.74, 6) is -0.269. The standard InChI is InChI=1S/C14H13BrN2O2/c1-2-19-14(18)9-10-5-3-6-11(16-10)12-7-4-8-13(15)17-12/h3-8H,2,9H2,1H3. The third kappa shape index (κ3) is 3.86. The summed E-state index contributed by atoms with van der Waals surface area (Å²) in [6.45, 7) is 2.17. The molecule has 2 rings (SSSR count). The lowest BCUT2D eigenvalue weighted by Gasteiger charge is -2.04. The van der Waals surface area contributed by atoms with Crippen molar-refractivity contribution in [1.82, 2.24) is 9.97 Å². The molecule has 0 radical (unpaired) electrons. The summed E-state index contributed by atoms with van der Waals surface area (Å²) in [7, 11) is 0. The zero-order valence-corrected chi connectivity index (χ0v) is 12.1. The molecule has 0 spiro atoms. The molecule has 0 aliphatic carbocycles. The van der Waals surface area contributed by atoms with Gasteiger partial charge in [0.1, 0.15) is 4.60 Å². The van der Waals surface area contributed by atoms with Crippen LogP contribution in [0, 0.1) is 0 Å². The number of esters is 1. The smallest absolute Gasteiger partial charge is 0.311 e. The van der Waals surface area contributed by atoms with Crippen molar-refractivity contribution in [1.29, 1.82) is 0 Å². The Balaban J connectivity index is 2.22. The third-order valence-electron chi connectivity index (χ3n) is 2.42. The Morgan fingerprint density at radius 1 is 1.16 bits per heavy atom. The zero-order chi connectivity index (χ0) is 13.7. The second-order valence-corrected chi connectivity index (χ2v) is 4.65. The first kappa shape index (κ1) is 13.7. The number of pyridine rings is 2. The van der Waals surface area contributed by atoms with E-state index in [1.165, 1.54) is 0 Å². The second kappa shape index (κ2) is 6.43. The lowest BCUT2D eigenvalue weighted by molar-refractivity contribution is -0.142. The van der Waals surface area contributed by atoms with Crippen LogP contribution >= 0.6 is 15.9 Å². The van der Waals surface area contributed by atoms with Gasteiger partial charge in [-0.1, -0.05) is 12.1 Å². The fraction of sp³-hybridized carbons (Fsp3) is 0.214. The molecule has 5 heteroatoms. The van der Waals surface area contributed by atoms with Crippen LogP contribution in [0.15, 0.2) is 41.0 Å². The van der Waals surface area contributed by atoms with Gasteiger partial charge >= 0.3 is 5.97 Å². The molecule has 0 saturated carbocycles. The van der Waals surface area contributed by atoms with Crippen LogP contribution in [0.2, 0.25) is 0 Å². The third-order valence-corrected chi connectivity index (χ3v) is 2.86. The second-order valence-electron chi connectivity index (χ2n) is 3.84. The zero-order valence-electron chi connectivity index (χ0n) is 10.5. The normalized spacial score (nSPS) is 10.2. The number of hydrogen-bond donors (Lipinski definition) is 0. The van der Waals surface area contributed by atoms with E-state index in [1.54, 1.807) is 13.0 Å². The minimum atomic E-state index is -0.269. The molecule has 0 aliphatic heterocycles. The van der Waals surface area contributed by atoms with Crippen molar-refractivity contribution in [3.8, 4) is 11.4 Å². The van der Waals surface area contributed by atoms with Crippen molar-refractivity contribution >= 4 is 21.9 Å². The van der Waals surface area contributed by atoms with Gasteiger partial charge in [-0.2, -0.15) is 0 Å². The number of aromatic nitrogens is 2. The van der Waals surface area contributed by atoms with E-state index < -0.39 is 0 Å². The topological polar surface area (TPSA) is 52.1 Å². The number of nitrogens with zero attached hydrogens (tertiary/aromatic N) is 2. The summed E-state index contributed by atoms with van der Waals surface area (Å²) in [5.41, 5.74) is 2.18. The van der Waals surface area contributed by atoms with Crippen molar-refractivity contribution in [3.63, 3.8) is 0 Å². The number of rotatable bonds is 4. The van der Waals surface area contributed by atoms with Gasteiger partial charge in [-0.3, -0.25) is 9.78 Å². The molecule has 0 unspecified atom stereocenters. The van der Waals surface area contributed by atoms with E-state index in [2.05, 4.69) is 25.9 Å². The van der Waals surface area contributed by atoms with Gasteiger partial charge in [0.15, 0.2) is 0 Å². The Bertz CT molecular complexity index is 587. The Morgan fingerprint density at radius 3 is 2.53 bits per heavy atom. The maximum absolute atomic E-state index is 11.4. The highest BCUT2D eigenvalue weighted by Crippen LogP contribution is 2.17. The molecule has 0 aromatic carbocycles. The molecular weight excluding hydrogens is 308 g/mol. The molecule has 2 aromatic rings. The fourth-order valence-electron chi connectivity index (χ4n) is 1.63. The highest BCUT2D eigenvalue weighted by atomic mass is 79.9. The summed E-state index contributed by atoms with van der Waals surface area (Å²) in [4.78, 5) is 20.2. The highest BCUT2D eigenvalue weighted by molar-refractivity contribution is 9.10. The van der Waals surface area contributed by atoms with Crippen molar-refractivity contribution in [2.75, 3.05) is 6.61 Å². The van der Waals surface area contributed by atoms with E-state index in [-0.39, 0.29) is 12.4 Å². The number of carbonyl (C=O) groups excluding carboxylic acids is 1. The molecule has 2 heterocycles. The monoisotopic (exact) mass is 320 g/mol. The molecule has 0 saturated heterocycles. The van der Waals surface area contributed by atoms with Crippen LogP contribution in [-0.2, 0) is 16.0 Å². The van der Waals surface area contributed by atoms with Crippen LogP contribution < -0.4 is 0 Å². The van der Waals surface area contributed by atoms with Crippen LogP contribution in [0.5, 0.6) is 0 Å². The van der Waals surface area contributed by atoms with E-state index in [9.17, 15) is 4.79 Å². The molecule has 0 bridgehead atoms. The average molecular weight is 321 g/mol. The van der Waals surface area contributed by atoms with Gasteiger partial charge in [-0.15, -0.1) is 0 Å². The Hall–Kier alpha value is -1.75. The van der Waals surface area contributed by atoms with Crippen molar-refractivity contribution in [3.05, 3.63) is 46.7 Å². The molecular formula is C14H13BrN2O2. The molecule has 4 nitrogen and oxygen atoms in total. The summed E-state index contributed by atoms with van der Waals surface area (Å²) < 4.78 is 5.66. The first-order valence-electron chi connectivity index (χ1n) is 5.93. The first-order chi connectivity index (χ1) is 9.19. The van der Waals surface area contributed by atoms with Crippen molar-refractivity contribution in [2.45, 2.75) is 13.3 Å². The molecule has 0 N–H and O–H groups in total. The fourth-order valence-corrected chi connectivity index (χ4v) is 1.98. The van der Waals surface area contributed by atoms with Gasteiger partial charge in [0.2, 0.25) is 0 Å². The van der Waals surface area contributed by atoms with Gasteiger partial charge in [0.25, 0.3) is 0 Å². The van der Waals surface area contributed by atoms with E-state index in [4.69, 9.17) is 4.74 Å². The molecule has 98 valence electrons. The van der Waals surface area contributed by atoms with Gasteiger partial charge in [0.05, 0.1) is 30.1 Å². The largest absolute Gasteiger partial charge is 0.466 e. The number of ether oxygens (including phenoxy) is 1. The molecule has 0 amide bonds. The molecule has 0 fully saturated rings. The van der Waals surface area contributed by atoms with Crippen LogP contribution in [-0.4, -0.2) is 22.5 Å². The van der Waals surface area contributed by atoms with E-state index in [1.807, 2.05) is 30.3 Å². The molecule has 2 aromatic heterocycles. The van der Waals surface area contributed by atoms with Gasteiger partial charge in [-0.05, 0) is 47.1 Å². The molecule has 0 atom stereocenters. The van der Waals surface area contributed by atoms with E-state index >= 15 is 0 Å². The average Bonchev–Trinajstić information content (AvgIpc) is 2.39. The minimum absolute atomic E-state index is 0.176. The first-order valence-corrected chi connectivity index (χ1v) is 6.73. The lowest BCUT2D eigenvalue weighted by Crippen LogP contribution is -2.08. The van der Waals surface area contributed by atoms with Crippen molar-refractivity contribution < 1.29 is 9.53 Å². The van der Waals surface area contributed by atoms with Crippen LogP contribution in [0.1, 0.15) is 12.6 Å². The van der Waals surface area contributed by atoms with E-state index in [0.29, 0.717) is 12.3 Å². The molecule has 0 aliphatic rings. The maximum Gasteiger partial charge on any atom is 0.311 e. The van der Waals surface area contributed by atoms with Crippen molar-refractivity contribution in [2.24, 2.45) is 0 Å². The van der Waals surface area contributed by atoms with Crippen LogP contribution in [0.3, 0.4) is 0 Å². The quantitative estimate of drug-likeness (QED) is 0.642. The predicted molar refractivity (Wildman–Crippen MR) is 75.5 cm³/mol. The van der Waals surface area contributed by atoms with E-state index in [0.717, 1.165) is 16.0 Å². The Kier molecular flexibility index (Phi) is 4.63. The Labute approximate surface area is 120 Å². The molecule has 19 heavy (non-hydrogen) atoms. The maximum atomic E-state index is 11.4. The lowest BCUT2D eigenvalue weighted by atomic mass is 10.2. The minimum Gasteiger partial charge on any atom is -0.466 e. The van der Waals surface area contributed by atoms with Crippen LogP contribution in [0.25, 0.3) is 11.4 Å². The SMILES string of the molecule is CCOC(=O)Cc1cccc(-c2cccc(Br)n2)n1. The summed E-state index contributed by atoms with van der Waals surface area (Å²) >= 11 is 3.33. The Morgan fingerprint density at radius 2 is 1.84 bits per heavy atom. The summed E-state index contributed by atoms with van der Waals surface area (Å²) in [6, 6.07) is 11.2.